The van der Waals surface area contributed by atoms with Crippen molar-refractivity contribution in [3.05, 3.63) is 34.9 Å². The first kappa shape index (κ1) is 21.5. The lowest BCUT2D eigenvalue weighted by Crippen LogP contribution is -2.44. The highest BCUT2D eigenvalue weighted by molar-refractivity contribution is 7.99. The minimum Gasteiger partial charge on any atom is -0.433 e. The second-order valence-corrected chi connectivity index (χ2v) is 9.05. The number of rotatable bonds is 5. The topological polar surface area (TPSA) is 80.5 Å². The predicted octanol–water partition coefficient (Wildman–Crippen LogP) is 4.68. The molecule has 0 aromatic carbocycles. The van der Waals surface area contributed by atoms with Crippen LogP contribution in [0.2, 0.25) is 5.02 Å². The lowest BCUT2D eigenvalue weighted by atomic mass is 9.94. The van der Waals surface area contributed by atoms with E-state index < -0.39 is 0 Å². The van der Waals surface area contributed by atoms with Gasteiger partial charge in [0.25, 0.3) is 0 Å². The van der Waals surface area contributed by atoms with E-state index in [9.17, 15) is 4.79 Å². The fourth-order valence-corrected chi connectivity index (χ4v) is 4.91. The number of halogens is 1. The summed E-state index contributed by atoms with van der Waals surface area (Å²) in [4.78, 5) is 23.4. The molecule has 2 aromatic rings. The number of hydrogen-bond acceptors (Lipinski definition) is 6. The zero-order chi connectivity index (χ0) is 20.9. The maximum Gasteiger partial charge on any atom is 0.317 e. The van der Waals surface area contributed by atoms with Crippen molar-refractivity contribution >= 4 is 29.4 Å². The van der Waals surface area contributed by atoms with Crippen LogP contribution in [0.3, 0.4) is 0 Å². The fraction of sp³-hybridized carbons (Fsp3) is 0.571. The molecule has 9 heteroatoms. The van der Waals surface area contributed by atoms with E-state index in [1.54, 1.807) is 6.20 Å². The van der Waals surface area contributed by atoms with E-state index in [2.05, 4.69) is 10.3 Å². The fourth-order valence-electron chi connectivity index (χ4n) is 3.92. The first-order valence-electron chi connectivity index (χ1n) is 10.5. The molecule has 162 valence electrons. The molecule has 0 saturated carbocycles. The molecule has 4 heterocycles. The number of carbonyl (C=O) groups excluding carboxylic acids is 1. The Labute approximate surface area is 185 Å². The SMILES string of the molecule is CCNC(=O)N1CCC(c2nc(C3CCOCC3)oc2Sc2ccc(Cl)cn2)CC1. The van der Waals surface area contributed by atoms with E-state index in [1.807, 2.05) is 24.0 Å². The molecule has 2 aliphatic rings. The van der Waals surface area contributed by atoms with Gasteiger partial charge in [-0.15, -0.1) is 0 Å². The van der Waals surface area contributed by atoms with Gasteiger partial charge in [0, 0.05) is 50.9 Å². The van der Waals surface area contributed by atoms with Crippen molar-refractivity contribution in [1.29, 1.82) is 0 Å². The van der Waals surface area contributed by atoms with Crippen LogP contribution in [0.4, 0.5) is 4.79 Å². The average molecular weight is 451 g/mol. The number of ether oxygens (including phenoxy) is 1. The third-order valence-corrected chi connectivity index (χ3v) is 6.75. The maximum atomic E-state index is 12.1. The number of piperidine rings is 1. The zero-order valence-electron chi connectivity index (χ0n) is 17.1. The third kappa shape index (κ3) is 5.10. The number of aromatic nitrogens is 2. The Morgan fingerprint density at radius 3 is 2.67 bits per heavy atom. The predicted molar refractivity (Wildman–Crippen MR) is 115 cm³/mol. The number of carbonyl (C=O) groups is 1. The molecule has 2 aliphatic heterocycles. The van der Waals surface area contributed by atoms with Crippen LogP contribution in [0.1, 0.15) is 56.0 Å². The van der Waals surface area contributed by atoms with Crippen molar-refractivity contribution in [1.82, 2.24) is 20.2 Å². The average Bonchev–Trinajstić information content (AvgIpc) is 3.20. The Balaban J connectivity index is 1.53. The Morgan fingerprint density at radius 1 is 1.23 bits per heavy atom. The largest absolute Gasteiger partial charge is 0.433 e. The van der Waals surface area contributed by atoms with E-state index in [-0.39, 0.29) is 11.9 Å². The zero-order valence-corrected chi connectivity index (χ0v) is 18.7. The lowest BCUT2D eigenvalue weighted by Gasteiger charge is -2.31. The molecular weight excluding hydrogens is 424 g/mol. The van der Waals surface area contributed by atoms with Crippen LogP contribution in [0.5, 0.6) is 0 Å². The van der Waals surface area contributed by atoms with Crippen molar-refractivity contribution in [2.75, 3.05) is 32.8 Å². The number of oxazole rings is 1. The number of pyridine rings is 1. The molecule has 2 saturated heterocycles. The van der Waals surface area contributed by atoms with Crippen molar-refractivity contribution in [2.24, 2.45) is 0 Å². The van der Waals surface area contributed by atoms with Gasteiger partial charge in [0.2, 0.25) is 0 Å². The molecular formula is C21H27ClN4O3S. The van der Waals surface area contributed by atoms with Gasteiger partial charge in [0.15, 0.2) is 11.0 Å². The smallest absolute Gasteiger partial charge is 0.317 e. The highest BCUT2D eigenvalue weighted by Gasteiger charge is 2.31. The third-order valence-electron chi connectivity index (χ3n) is 5.60. The molecule has 0 spiro atoms. The molecule has 1 N–H and O–H groups in total. The molecule has 0 radical (unpaired) electrons. The Kier molecular flexibility index (Phi) is 7.17. The van der Waals surface area contributed by atoms with Gasteiger partial charge >= 0.3 is 6.03 Å². The second-order valence-electron chi connectivity index (χ2n) is 7.62. The van der Waals surface area contributed by atoms with E-state index in [0.29, 0.717) is 17.5 Å². The molecule has 2 amide bonds. The number of urea groups is 1. The molecule has 30 heavy (non-hydrogen) atoms. The summed E-state index contributed by atoms with van der Waals surface area (Å²) in [5.41, 5.74) is 0.994. The molecule has 0 unspecified atom stereocenters. The van der Waals surface area contributed by atoms with E-state index >= 15 is 0 Å². The van der Waals surface area contributed by atoms with Gasteiger partial charge in [0.05, 0.1) is 10.7 Å². The Hall–Kier alpha value is -1.77. The van der Waals surface area contributed by atoms with Crippen LogP contribution in [0.15, 0.2) is 32.9 Å². The standard InChI is InChI=1S/C21H27ClN4O3S/c1-2-23-21(27)26-9-5-14(6-10-26)18-20(30-17-4-3-16(22)13-24-17)29-19(25-18)15-7-11-28-12-8-15/h3-4,13-15H,2,5-12H2,1H3,(H,23,27). The molecule has 4 rings (SSSR count). The van der Waals surface area contributed by atoms with Gasteiger partial charge in [-0.1, -0.05) is 11.6 Å². The summed E-state index contributed by atoms with van der Waals surface area (Å²) in [5.74, 6) is 1.36. The first-order chi connectivity index (χ1) is 14.6. The minimum atomic E-state index is 0.0129. The summed E-state index contributed by atoms with van der Waals surface area (Å²) in [6.45, 7) is 5.51. The van der Waals surface area contributed by atoms with E-state index in [0.717, 1.165) is 73.7 Å². The summed E-state index contributed by atoms with van der Waals surface area (Å²) in [7, 11) is 0. The van der Waals surface area contributed by atoms with Crippen LogP contribution < -0.4 is 5.32 Å². The van der Waals surface area contributed by atoms with Crippen molar-refractivity contribution in [3.8, 4) is 0 Å². The first-order valence-corrected chi connectivity index (χ1v) is 11.7. The molecule has 0 atom stereocenters. The molecule has 0 bridgehead atoms. The second kappa shape index (κ2) is 10.0. The number of amides is 2. The van der Waals surface area contributed by atoms with Crippen molar-refractivity contribution in [2.45, 2.75) is 54.6 Å². The van der Waals surface area contributed by atoms with Crippen LogP contribution in [0, 0.1) is 0 Å². The summed E-state index contributed by atoms with van der Waals surface area (Å²) >= 11 is 7.47. The van der Waals surface area contributed by atoms with Crippen LogP contribution in [0.25, 0.3) is 0 Å². The van der Waals surface area contributed by atoms with Crippen molar-refractivity contribution in [3.63, 3.8) is 0 Å². The Morgan fingerprint density at radius 2 is 2.00 bits per heavy atom. The number of likely N-dealkylation sites (tertiary alicyclic amines) is 1. The van der Waals surface area contributed by atoms with Crippen LogP contribution >= 0.6 is 23.4 Å². The number of nitrogens with zero attached hydrogens (tertiary/aromatic N) is 3. The maximum absolute atomic E-state index is 12.1. The molecule has 2 aromatic heterocycles. The van der Waals surface area contributed by atoms with E-state index in [1.165, 1.54) is 11.8 Å². The van der Waals surface area contributed by atoms with Crippen LogP contribution in [-0.4, -0.2) is 53.7 Å². The number of hydrogen-bond donors (Lipinski definition) is 1. The molecule has 0 aliphatic carbocycles. The van der Waals surface area contributed by atoms with Gasteiger partial charge in [-0.2, -0.15) is 0 Å². The van der Waals surface area contributed by atoms with Gasteiger partial charge in [-0.05, 0) is 56.5 Å². The van der Waals surface area contributed by atoms with Gasteiger partial charge in [-0.25, -0.2) is 14.8 Å². The van der Waals surface area contributed by atoms with Crippen LogP contribution in [-0.2, 0) is 4.74 Å². The lowest BCUT2D eigenvalue weighted by molar-refractivity contribution is 0.0786. The Bertz CT molecular complexity index is 846. The number of nitrogens with one attached hydrogen (secondary N) is 1. The normalized spacial score (nSPS) is 18.5. The summed E-state index contributed by atoms with van der Waals surface area (Å²) in [6, 6.07) is 3.74. The summed E-state index contributed by atoms with van der Waals surface area (Å²) in [6.07, 6.45) is 5.25. The summed E-state index contributed by atoms with van der Waals surface area (Å²) < 4.78 is 11.8. The van der Waals surface area contributed by atoms with Gasteiger partial charge < -0.3 is 19.4 Å². The van der Waals surface area contributed by atoms with Gasteiger partial charge in [-0.3, -0.25) is 0 Å². The summed E-state index contributed by atoms with van der Waals surface area (Å²) in [5, 5.41) is 5.13. The monoisotopic (exact) mass is 450 g/mol. The van der Waals surface area contributed by atoms with E-state index in [4.69, 9.17) is 25.7 Å². The minimum absolute atomic E-state index is 0.0129. The quantitative estimate of drug-likeness (QED) is 0.712. The molecule has 7 nitrogen and oxygen atoms in total. The highest BCUT2D eigenvalue weighted by atomic mass is 35.5. The molecule has 2 fully saturated rings. The van der Waals surface area contributed by atoms with Gasteiger partial charge in [0.1, 0.15) is 5.03 Å². The van der Waals surface area contributed by atoms with Crippen molar-refractivity contribution < 1.29 is 13.9 Å². The highest BCUT2D eigenvalue weighted by Crippen LogP contribution is 2.40.